The van der Waals surface area contributed by atoms with Crippen molar-refractivity contribution in [3.8, 4) is 0 Å². The monoisotopic (exact) mass is 483 g/mol. The average molecular weight is 484 g/mol. The Balaban J connectivity index is 1.46. The van der Waals surface area contributed by atoms with E-state index >= 15 is 0 Å². The third-order valence-electron chi connectivity index (χ3n) is 5.79. The van der Waals surface area contributed by atoms with Gasteiger partial charge < -0.3 is 10.6 Å². The molecule has 174 valence electrons. The van der Waals surface area contributed by atoms with Gasteiger partial charge >= 0.3 is 0 Å². The minimum Gasteiger partial charge on any atom is -0.323 e. The van der Waals surface area contributed by atoms with E-state index in [0.717, 1.165) is 10.8 Å². The normalized spacial score (nSPS) is 14.1. The van der Waals surface area contributed by atoms with E-state index in [1.54, 1.807) is 54.8 Å². The first kappa shape index (κ1) is 22.5. The molecule has 4 aromatic carbocycles. The zero-order valence-corrected chi connectivity index (χ0v) is 19.6. The summed E-state index contributed by atoms with van der Waals surface area (Å²) in [5.41, 5.74) is 2.68. The van der Waals surface area contributed by atoms with Gasteiger partial charge in [0.05, 0.1) is 11.4 Å². The third kappa shape index (κ3) is 4.43. The maximum atomic E-state index is 13.0. The molecule has 0 saturated heterocycles. The van der Waals surface area contributed by atoms with E-state index in [9.17, 15) is 18.6 Å². The standard InChI is InChI=1S/C27H21N3O4S/c1-35(34)21-7-4-6-18(15-21)27(33)28-19-10-12-20(13-11-19)30-23-14-9-17-5-2-3-8-22(17)26(23)29-24(31)16-25(30)32/h2-15H,16H2,1H3,(H,28,33)(H,29,31). The van der Waals surface area contributed by atoms with Crippen molar-refractivity contribution < 1.29 is 18.6 Å². The number of hydrogen-bond acceptors (Lipinski definition) is 4. The molecule has 3 amide bonds. The first-order valence-corrected chi connectivity index (χ1v) is 12.5. The summed E-state index contributed by atoms with van der Waals surface area (Å²) in [6.45, 7) is 0. The minimum absolute atomic E-state index is 0.281. The van der Waals surface area contributed by atoms with Crippen molar-refractivity contribution >= 4 is 62.0 Å². The molecule has 5 rings (SSSR count). The largest absolute Gasteiger partial charge is 0.323 e. The molecule has 1 unspecified atom stereocenters. The molecule has 1 aliphatic rings. The smallest absolute Gasteiger partial charge is 0.255 e. The van der Waals surface area contributed by atoms with Crippen molar-refractivity contribution in [3.63, 3.8) is 0 Å². The van der Waals surface area contributed by atoms with Crippen LogP contribution in [0.1, 0.15) is 16.8 Å². The summed E-state index contributed by atoms with van der Waals surface area (Å²) in [7, 11) is -1.19. The highest BCUT2D eigenvalue weighted by atomic mass is 32.2. The molecule has 1 aliphatic heterocycles. The van der Waals surface area contributed by atoms with Gasteiger partial charge in [-0.05, 0) is 53.9 Å². The molecule has 1 atom stereocenters. The molecule has 2 N–H and O–H groups in total. The number of hydrogen-bond donors (Lipinski definition) is 2. The van der Waals surface area contributed by atoms with Crippen LogP contribution in [0.15, 0.2) is 89.8 Å². The fourth-order valence-corrected chi connectivity index (χ4v) is 4.67. The van der Waals surface area contributed by atoms with Gasteiger partial charge in [0, 0.05) is 44.3 Å². The highest BCUT2D eigenvalue weighted by molar-refractivity contribution is 7.84. The van der Waals surface area contributed by atoms with Gasteiger partial charge in [0.25, 0.3) is 5.91 Å². The fourth-order valence-electron chi connectivity index (χ4n) is 4.11. The van der Waals surface area contributed by atoms with Crippen molar-refractivity contribution in [1.82, 2.24) is 0 Å². The van der Waals surface area contributed by atoms with Crippen molar-refractivity contribution in [2.24, 2.45) is 0 Å². The SMILES string of the molecule is CS(=O)c1cccc(C(=O)Nc2ccc(N3C(=O)CC(=O)Nc4c3ccc3ccccc43)cc2)c1. The highest BCUT2D eigenvalue weighted by Crippen LogP contribution is 2.40. The predicted octanol–water partition coefficient (Wildman–Crippen LogP) is 4.84. The zero-order valence-electron chi connectivity index (χ0n) is 18.8. The van der Waals surface area contributed by atoms with Gasteiger partial charge in [-0.3, -0.25) is 23.5 Å². The summed E-state index contributed by atoms with van der Waals surface area (Å²) >= 11 is 0. The number of carbonyl (C=O) groups excluding carboxylic acids is 3. The summed E-state index contributed by atoms with van der Waals surface area (Å²) in [6.07, 6.45) is 1.28. The van der Waals surface area contributed by atoms with Crippen LogP contribution in [0.3, 0.4) is 0 Å². The van der Waals surface area contributed by atoms with E-state index in [-0.39, 0.29) is 24.1 Å². The van der Waals surface area contributed by atoms with Crippen LogP contribution in [0.5, 0.6) is 0 Å². The molecule has 7 nitrogen and oxygen atoms in total. The van der Waals surface area contributed by atoms with E-state index < -0.39 is 10.8 Å². The Morgan fingerprint density at radius 3 is 2.49 bits per heavy atom. The summed E-state index contributed by atoms with van der Waals surface area (Å²) in [4.78, 5) is 40.2. The third-order valence-corrected chi connectivity index (χ3v) is 6.70. The second-order valence-corrected chi connectivity index (χ2v) is 9.50. The first-order valence-electron chi connectivity index (χ1n) is 10.9. The fraction of sp³-hybridized carbons (Fsp3) is 0.0741. The summed E-state index contributed by atoms with van der Waals surface area (Å²) in [5.74, 6) is -1.05. The van der Waals surface area contributed by atoms with E-state index in [0.29, 0.717) is 33.2 Å². The van der Waals surface area contributed by atoms with Gasteiger partial charge in [-0.25, -0.2) is 0 Å². The molecule has 1 heterocycles. The number of rotatable bonds is 4. The molecule has 0 spiro atoms. The maximum absolute atomic E-state index is 13.0. The lowest BCUT2D eigenvalue weighted by Crippen LogP contribution is -2.26. The highest BCUT2D eigenvalue weighted by Gasteiger charge is 2.28. The molecule has 35 heavy (non-hydrogen) atoms. The lowest BCUT2D eigenvalue weighted by atomic mass is 10.1. The number of nitrogens with zero attached hydrogens (tertiary/aromatic N) is 1. The van der Waals surface area contributed by atoms with E-state index in [4.69, 9.17) is 0 Å². The van der Waals surface area contributed by atoms with Crippen LogP contribution in [-0.2, 0) is 20.4 Å². The molecule has 0 radical (unpaired) electrons. The Hall–Kier alpha value is -4.30. The number of carbonyl (C=O) groups is 3. The van der Waals surface area contributed by atoms with Crippen LogP contribution in [0.2, 0.25) is 0 Å². The number of fused-ring (bicyclic) bond motifs is 3. The van der Waals surface area contributed by atoms with Crippen LogP contribution < -0.4 is 15.5 Å². The molecule has 0 aliphatic carbocycles. The van der Waals surface area contributed by atoms with E-state index in [2.05, 4.69) is 10.6 Å². The number of nitrogens with one attached hydrogen (secondary N) is 2. The van der Waals surface area contributed by atoms with Crippen molar-refractivity contribution in [2.75, 3.05) is 21.8 Å². The van der Waals surface area contributed by atoms with Crippen molar-refractivity contribution in [2.45, 2.75) is 11.3 Å². The van der Waals surface area contributed by atoms with Crippen LogP contribution in [0, 0.1) is 0 Å². The minimum atomic E-state index is -1.19. The van der Waals surface area contributed by atoms with Gasteiger partial charge in [0.15, 0.2) is 0 Å². The van der Waals surface area contributed by atoms with Gasteiger partial charge in [0.1, 0.15) is 6.42 Å². The lowest BCUT2D eigenvalue weighted by Gasteiger charge is -2.23. The lowest BCUT2D eigenvalue weighted by molar-refractivity contribution is -0.124. The van der Waals surface area contributed by atoms with Gasteiger partial charge in [-0.2, -0.15) is 0 Å². The van der Waals surface area contributed by atoms with Crippen LogP contribution >= 0.6 is 0 Å². The number of anilines is 4. The molecule has 4 aromatic rings. The molecular weight excluding hydrogens is 462 g/mol. The first-order chi connectivity index (χ1) is 16.9. The molecule has 0 saturated carbocycles. The Bertz CT molecular complexity index is 1510. The second kappa shape index (κ2) is 9.15. The van der Waals surface area contributed by atoms with Crippen molar-refractivity contribution in [3.05, 3.63) is 90.5 Å². The van der Waals surface area contributed by atoms with Crippen LogP contribution in [0.25, 0.3) is 10.8 Å². The van der Waals surface area contributed by atoms with Crippen LogP contribution in [0.4, 0.5) is 22.7 Å². The summed E-state index contributed by atoms with van der Waals surface area (Å²) < 4.78 is 11.7. The van der Waals surface area contributed by atoms with E-state index in [1.807, 2.05) is 36.4 Å². The van der Waals surface area contributed by atoms with Gasteiger partial charge in [-0.1, -0.05) is 36.4 Å². The van der Waals surface area contributed by atoms with Crippen LogP contribution in [-0.4, -0.2) is 28.2 Å². The molecule has 0 bridgehead atoms. The number of amides is 3. The summed E-state index contributed by atoms with van der Waals surface area (Å²) in [6, 6.07) is 24.9. The topological polar surface area (TPSA) is 95.6 Å². The Morgan fingerprint density at radius 1 is 0.943 bits per heavy atom. The quantitative estimate of drug-likeness (QED) is 0.406. The molecule has 0 aromatic heterocycles. The summed E-state index contributed by atoms with van der Waals surface area (Å²) in [5, 5.41) is 7.50. The van der Waals surface area contributed by atoms with E-state index in [1.165, 1.54) is 4.90 Å². The van der Waals surface area contributed by atoms with Crippen molar-refractivity contribution in [1.29, 1.82) is 0 Å². The van der Waals surface area contributed by atoms with Gasteiger partial charge in [-0.15, -0.1) is 0 Å². The molecule has 0 fully saturated rings. The maximum Gasteiger partial charge on any atom is 0.255 e. The Morgan fingerprint density at radius 2 is 1.71 bits per heavy atom. The zero-order chi connectivity index (χ0) is 24.5. The molecular formula is C27H21N3O4S. The molecule has 8 heteroatoms. The predicted molar refractivity (Wildman–Crippen MR) is 138 cm³/mol. The van der Waals surface area contributed by atoms with Gasteiger partial charge in [0.2, 0.25) is 11.8 Å². The Labute approximate surface area is 204 Å². The second-order valence-electron chi connectivity index (χ2n) is 8.12. The number of benzene rings is 4. The Kier molecular flexibility index (Phi) is 5.88. The average Bonchev–Trinajstić information content (AvgIpc) is 2.99.